The molecule has 0 aliphatic heterocycles. The summed E-state index contributed by atoms with van der Waals surface area (Å²) in [5.41, 5.74) is 2.75. The van der Waals surface area contributed by atoms with Gasteiger partial charge in [0.15, 0.2) is 0 Å². The minimum atomic E-state index is 0.359. The quantitative estimate of drug-likeness (QED) is 0.736. The van der Waals surface area contributed by atoms with E-state index >= 15 is 0 Å². The molecular weight excluding hydrogens is 200 g/mol. The number of carbonyl (C=O) groups excluding carboxylic acids is 1. The molecule has 1 aromatic heterocycles. The summed E-state index contributed by atoms with van der Waals surface area (Å²) in [5.74, 6) is 0. The van der Waals surface area contributed by atoms with E-state index in [1.54, 1.807) is 6.07 Å². The lowest BCUT2D eigenvalue weighted by molar-refractivity contribution is 0.112. The first-order chi connectivity index (χ1) is 7.72. The fourth-order valence-electron chi connectivity index (χ4n) is 1.71. The van der Waals surface area contributed by atoms with Crippen LogP contribution in [-0.4, -0.2) is 15.8 Å². The third kappa shape index (κ3) is 1.89. The molecule has 0 amide bonds. The van der Waals surface area contributed by atoms with Crippen molar-refractivity contribution in [1.29, 1.82) is 0 Å². The Morgan fingerprint density at radius 1 is 1.38 bits per heavy atom. The van der Waals surface area contributed by atoms with Gasteiger partial charge in [-0.15, -0.1) is 0 Å². The van der Waals surface area contributed by atoms with Gasteiger partial charge in [0, 0.05) is 17.2 Å². The van der Waals surface area contributed by atoms with Gasteiger partial charge in [-0.25, -0.2) is 4.98 Å². The highest BCUT2D eigenvalue weighted by atomic mass is 16.1. The Hall–Kier alpha value is -1.90. The van der Waals surface area contributed by atoms with Crippen LogP contribution in [-0.2, 0) is 0 Å². The molecule has 1 aromatic carbocycles. The van der Waals surface area contributed by atoms with Gasteiger partial charge in [-0.1, -0.05) is 18.2 Å². The van der Waals surface area contributed by atoms with Crippen LogP contribution >= 0.6 is 0 Å². The van der Waals surface area contributed by atoms with E-state index in [0.29, 0.717) is 11.6 Å². The van der Waals surface area contributed by atoms with Crippen molar-refractivity contribution in [3.63, 3.8) is 0 Å². The summed E-state index contributed by atoms with van der Waals surface area (Å²) in [7, 11) is 0. The van der Waals surface area contributed by atoms with E-state index in [1.807, 2.05) is 30.7 Å². The van der Waals surface area contributed by atoms with Crippen LogP contribution in [0.25, 0.3) is 11.3 Å². The van der Waals surface area contributed by atoms with E-state index in [0.717, 1.165) is 17.5 Å². The van der Waals surface area contributed by atoms with Crippen LogP contribution < -0.4 is 0 Å². The summed E-state index contributed by atoms with van der Waals surface area (Å²) in [6, 6.07) is 7.91. The van der Waals surface area contributed by atoms with Crippen molar-refractivity contribution in [3.8, 4) is 11.3 Å². The highest BCUT2D eigenvalue weighted by molar-refractivity contribution is 5.78. The molecule has 0 unspecified atom stereocenters. The van der Waals surface area contributed by atoms with E-state index in [2.05, 4.69) is 23.4 Å². The van der Waals surface area contributed by atoms with Gasteiger partial charge in [-0.3, -0.25) is 4.79 Å². The maximum Gasteiger partial charge on any atom is 0.150 e. The van der Waals surface area contributed by atoms with Gasteiger partial charge in [0.1, 0.15) is 6.29 Å². The SMILES string of the molecule is CC(C)n1cncc1-c1cccc(C=O)c1. The average molecular weight is 214 g/mol. The molecule has 0 radical (unpaired) electrons. The Kier molecular flexibility index (Phi) is 2.86. The Morgan fingerprint density at radius 3 is 2.88 bits per heavy atom. The molecule has 16 heavy (non-hydrogen) atoms. The zero-order valence-corrected chi connectivity index (χ0v) is 9.42. The first-order valence-electron chi connectivity index (χ1n) is 5.30. The predicted octanol–water partition coefficient (Wildman–Crippen LogP) is 2.94. The van der Waals surface area contributed by atoms with Crippen molar-refractivity contribution in [2.75, 3.05) is 0 Å². The van der Waals surface area contributed by atoms with Crippen molar-refractivity contribution >= 4 is 6.29 Å². The topological polar surface area (TPSA) is 34.9 Å². The van der Waals surface area contributed by atoms with Gasteiger partial charge in [-0.05, 0) is 19.9 Å². The lowest BCUT2D eigenvalue weighted by atomic mass is 10.1. The average Bonchev–Trinajstić information content (AvgIpc) is 2.78. The summed E-state index contributed by atoms with van der Waals surface area (Å²) in [5, 5.41) is 0. The fourth-order valence-corrected chi connectivity index (χ4v) is 1.71. The van der Waals surface area contributed by atoms with Crippen LogP contribution in [0.3, 0.4) is 0 Å². The van der Waals surface area contributed by atoms with E-state index < -0.39 is 0 Å². The van der Waals surface area contributed by atoms with Crippen LogP contribution in [0.5, 0.6) is 0 Å². The largest absolute Gasteiger partial charge is 0.328 e. The smallest absolute Gasteiger partial charge is 0.150 e. The van der Waals surface area contributed by atoms with E-state index in [9.17, 15) is 4.79 Å². The van der Waals surface area contributed by atoms with E-state index in [4.69, 9.17) is 0 Å². The molecule has 1 heterocycles. The number of aromatic nitrogens is 2. The first kappa shape index (κ1) is 10.6. The molecule has 0 bridgehead atoms. The van der Waals surface area contributed by atoms with Gasteiger partial charge in [0.2, 0.25) is 0 Å². The number of hydrogen-bond acceptors (Lipinski definition) is 2. The van der Waals surface area contributed by atoms with Gasteiger partial charge < -0.3 is 4.57 Å². The molecule has 0 saturated heterocycles. The summed E-state index contributed by atoms with van der Waals surface area (Å²) in [6.07, 6.45) is 4.50. The third-order valence-electron chi connectivity index (χ3n) is 2.54. The molecule has 2 rings (SSSR count). The normalized spacial score (nSPS) is 10.7. The molecule has 3 nitrogen and oxygen atoms in total. The van der Waals surface area contributed by atoms with Crippen molar-refractivity contribution in [1.82, 2.24) is 9.55 Å². The Labute approximate surface area is 94.7 Å². The van der Waals surface area contributed by atoms with Gasteiger partial charge in [0.25, 0.3) is 0 Å². The number of carbonyl (C=O) groups is 1. The second-order valence-corrected chi connectivity index (χ2v) is 4.02. The van der Waals surface area contributed by atoms with Gasteiger partial charge >= 0.3 is 0 Å². The van der Waals surface area contributed by atoms with E-state index in [1.165, 1.54) is 0 Å². The zero-order chi connectivity index (χ0) is 11.5. The monoisotopic (exact) mass is 214 g/mol. The highest BCUT2D eigenvalue weighted by Crippen LogP contribution is 2.22. The van der Waals surface area contributed by atoms with Crippen LogP contribution in [0.1, 0.15) is 30.2 Å². The number of benzene rings is 1. The summed E-state index contributed by atoms with van der Waals surface area (Å²) in [4.78, 5) is 14.9. The van der Waals surface area contributed by atoms with Crippen molar-refractivity contribution in [2.45, 2.75) is 19.9 Å². The molecular formula is C13H14N2O. The molecule has 0 fully saturated rings. The summed E-state index contributed by atoms with van der Waals surface area (Å²) >= 11 is 0. The highest BCUT2D eigenvalue weighted by Gasteiger charge is 2.07. The number of rotatable bonds is 3. The number of imidazole rings is 1. The molecule has 0 aliphatic carbocycles. The van der Waals surface area contributed by atoms with Crippen LogP contribution in [0.15, 0.2) is 36.8 Å². The minimum Gasteiger partial charge on any atom is -0.328 e. The van der Waals surface area contributed by atoms with Crippen molar-refractivity contribution in [2.24, 2.45) is 0 Å². The first-order valence-corrected chi connectivity index (χ1v) is 5.30. The zero-order valence-electron chi connectivity index (χ0n) is 9.42. The second-order valence-electron chi connectivity index (χ2n) is 4.02. The number of nitrogens with zero attached hydrogens (tertiary/aromatic N) is 2. The second kappa shape index (κ2) is 4.31. The predicted molar refractivity (Wildman–Crippen MR) is 63.4 cm³/mol. The molecule has 82 valence electrons. The maximum atomic E-state index is 10.7. The van der Waals surface area contributed by atoms with Gasteiger partial charge in [-0.2, -0.15) is 0 Å². The molecule has 0 N–H and O–H groups in total. The molecule has 0 aliphatic rings. The molecule has 0 spiro atoms. The lowest BCUT2D eigenvalue weighted by Crippen LogP contribution is -2.00. The molecule has 0 atom stereocenters. The molecule has 2 aromatic rings. The lowest BCUT2D eigenvalue weighted by Gasteiger charge is -2.11. The number of hydrogen-bond donors (Lipinski definition) is 0. The minimum absolute atomic E-state index is 0.359. The Balaban J connectivity index is 2.49. The number of aldehydes is 1. The van der Waals surface area contributed by atoms with Crippen LogP contribution in [0, 0.1) is 0 Å². The van der Waals surface area contributed by atoms with Gasteiger partial charge in [0.05, 0.1) is 18.2 Å². The Bertz CT molecular complexity index is 500. The maximum absolute atomic E-state index is 10.7. The van der Waals surface area contributed by atoms with Crippen LogP contribution in [0.2, 0.25) is 0 Å². The summed E-state index contributed by atoms with van der Waals surface area (Å²) < 4.78 is 2.09. The molecule has 0 saturated carbocycles. The van der Waals surface area contributed by atoms with E-state index in [-0.39, 0.29) is 0 Å². The third-order valence-corrected chi connectivity index (χ3v) is 2.54. The Morgan fingerprint density at radius 2 is 2.19 bits per heavy atom. The fraction of sp³-hybridized carbons (Fsp3) is 0.231. The molecule has 3 heteroatoms. The standard InChI is InChI=1S/C13H14N2O/c1-10(2)15-9-14-7-13(15)12-5-3-4-11(6-12)8-16/h3-10H,1-2H3. The van der Waals surface area contributed by atoms with Crippen molar-refractivity contribution in [3.05, 3.63) is 42.4 Å². The summed E-state index contributed by atoms with van der Waals surface area (Å²) in [6.45, 7) is 4.21. The van der Waals surface area contributed by atoms with Crippen molar-refractivity contribution < 1.29 is 4.79 Å². The van der Waals surface area contributed by atoms with Crippen LogP contribution in [0.4, 0.5) is 0 Å².